The summed E-state index contributed by atoms with van der Waals surface area (Å²) in [4.78, 5) is 23.8. The number of hydrogen-bond acceptors (Lipinski definition) is 13. The van der Waals surface area contributed by atoms with Gasteiger partial charge in [0.25, 0.3) is 0 Å². The summed E-state index contributed by atoms with van der Waals surface area (Å²) in [7, 11) is 0. The largest absolute Gasteiger partial charge is 0.459 e. The van der Waals surface area contributed by atoms with Gasteiger partial charge in [-0.05, 0) is 122 Å². The Kier molecular flexibility index (Phi) is 17.0. The van der Waals surface area contributed by atoms with Gasteiger partial charge in [0.05, 0.1) is 31.5 Å². The molecule has 0 aromatic heterocycles. The lowest BCUT2D eigenvalue weighted by atomic mass is 9.55. The zero-order chi connectivity index (χ0) is 47.3. The highest BCUT2D eigenvalue weighted by molar-refractivity contribution is 7.98. The number of thioether (sulfide) groups is 1. The van der Waals surface area contributed by atoms with Gasteiger partial charge in [0.1, 0.15) is 36.5 Å². The maximum absolute atomic E-state index is 15.0. The molecule has 4 aromatic carbocycles. The second kappa shape index (κ2) is 23.7. The topological polar surface area (TPSA) is 147 Å². The Morgan fingerprint density at radius 1 is 0.897 bits per heavy atom. The van der Waals surface area contributed by atoms with Crippen LogP contribution in [0.4, 0.5) is 4.79 Å². The molecule has 362 valence electrons. The number of rotatable bonds is 24. The molecule has 68 heavy (non-hydrogen) atoms. The number of ether oxygens (including phenoxy) is 7. The highest BCUT2D eigenvalue weighted by Gasteiger charge is 2.65. The van der Waals surface area contributed by atoms with Gasteiger partial charge in [0.2, 0.25) is 12.6 Å². The first-order valence-electron chi connectivity index (χ1n) is 23.9. The molecule has 2 N–H and O–H groups in total. The number of aliphatic hydroxyl groups is 2. The average Bonchev–Trinajstić information content (AvgIpc) is 3.84. The normalized spacial score (nSPS) is 22.6. The lowest BCUT2D eigenvalue weighted by Gasteiger charge is -2.59. The smallest absolute Gasteiger partial charge is 0.410 e. The molecule has 2 heterocycles. The Bertz CT molecular complexity index is 2360. The maximum atomic E-state index is 15.0. The van der Waals surface area contributed by atoms with Gasteiger partial charge < -0.3 is 48.2 Å². The van der Waals surface area contributed by atoms with Gasteiger partial charge in [0, 0.05) is 42.6 Å². The first kappa shape index (κ1) is 48.9. The summed E-state index contributed by atoms with van der Waals surface area (Å²) in [5.41, 5.74) is 4.38. The maximum Gasteiger partial charge on any atom is 0.410 e. The SMILES string of the molecule is C=CCO[C@@]12Oc3ccc(Oc4ccc(SC)cc4)cc3[C@H]3[C@H](CCCCO)[C@@H](CCCCO)C=C(C(=NOCC)C[C@@H]1N(Cc1ccc4c(c1)OCO4)C(=O)OCCOCc1ccccc1)[C@H]32. The molecule has 0 unspecified atom stereocenters. The van der Waals surface area contributed by atoms with Crippen molar-refractivity contribution >= 4 is 23.6 Å². The minimum absolute atomic E-state index is 0.00255. The van der Waals surface area contributed by atoms with Crippen LogP contribution in [0.3, 0.4) is 0 Å². The zero-order valence-corrected chi connectivity index (χ0v) is 39.9. The van der Waals surface area contributed by atoms with Crippen molar-refractivity contribution in [3.05, 3.63) is 132 Å². The molecular formula is C54H64N2O11S. The third-order valence-corrected chi connectivity index (χ3v) is 14.0. The van der Waals surface area contributed by atoms with Gasteiger partial charge in [-0.15, -0.1) is 18.3 Å². The van der Waals surface area contributed by atoms with E-state index < -0.39 is 23.8 Å². The molecule has 1 fully saturated rings. The molecule has 2 aliphatic heterocycles. The van der Waals surface area contributed by atoms with Crippen LogP contribution < -0.4 is 18.9 Å². The summed E-state index contributed by atoms with van der Waals surface area (Å²) in [6, 6.07) is 28.7. The van der Waals surface area contributed by atoms with E-state index in [9.17, 15) is 10.2 Å². The fraction of sp³-hybridized carbons (Fsp3) is 0.444. The van der Waals surface area contributed by atoms with Crippen LogP contribution in [-0.2, 0) is 32.2 Å². The van der Waals surface area contributed by atoms with E-state index in [4.69, 9.17) is 43.2 Å². The Balaban J connectivity index is 1.26. The van der Waals surface area contributed by atoms with Crippen LogP contribution in [0.1, 0.15) is 74.5 Å². The minimum atomic E-state index is -1.50. The van der Waals surface area contributed by atoms with Crippen LogP contribution in [-0.4, -0.2) is 91.4 Å². The third kappa shape index (κ3) is 11.2. The molecule has 14 heteroatoms. The van der Waals surface area contributed by atoms with Crippen molar-refractivity contribution in [1.29, 1.82) is 0 Å². The molecule has 0 saturated heterocycles. The van der Waals surface area contributed by atoms with E-state index in [1.807, 2.05) is 98.1 Å². The van der Waals surface area contributed by atoms with Crippen molar-refractivity contribution in [2.45, 2.75) is 87.7 Å². The van der Waals surface area contributed by atoms with Crippen LogP contribution in [0, 0.1) is 17.8 Å². The first-order chi connectivity index (χ1) is 33.4. The third-order valence-electron chi connectivity index (χ3n) is 13.2. The van der Waals surface area contributed by atoms with Crippen LogP contribution in [0.2, 0.25) is 0 Å². The number of allylic oxidation sites excluding steroid dienone is 1. The molecule has 0 spiro atoms. The highest BCUT2D eigenvalue weighted by Crippen LogP contribution is 2.62. The van der Waals surface area contributed by atoms with E-state index in [2.05, 4.69) is 18.7 Å². The molecule has 6 atom stereocenters. The summed E-state index contributed by atoms with van der Waals surface area (Å²) >= 11 is 1.67. The summed E-state index contributed by atoms with van der Waals surface area (Å²) in [6.45, 7) is 7.37. The molecular weight excluding hydrogens is 885 g/mol. The van der Waals surface area contributed by atoms with Gasteiger partial charge in [-0.25, -0.2) is 4.79 Å². The van der Waals surface area contributed by atoms with Crippen LogP contribution in [0.15, 0.2) is 125 Å². The second-order valence-corrected chi connectivity index (χ2v) is 18.3. The molecule has 4 aromatic rings. The van der Waals surface area contributed by atoms with Crippen LogP contribution in [0.25, 0.3) is 0 Å². The van der Waals surface area contributed by atoms with E-state index in [-0.39, 0.29) is 70.5 Å². The average molecular weight is 949 g/mol. The number of oxime groups is 1. The van der Waals surface area contributed by atoms with E-state index in [1.165, 1.54) is 0 Å². The number of unbranched alkanes of at least 4 members (excludes halogenated alkanes) is 2. The number of carbonyl (C=O) groups is 1. The summed E-state index contributed by atoms with van der Waals surface area (Å²) in [6.07, 6.45) is 10.2. The summed E-state index contributed by atoms with van der Waals surface area (Å²) in [5, 5.41) is 24.9. The summed E-state index contributed by atoms with van der Waals surface area (Å²) < 4.78 is 44.7. The van der Waals surface area contributed by atoms with E-state index in [1.54, 1.807) is 22.7 Å². The highest BCUT2D eigenvalue weighted by atomic mass is 32.2. The predicted molar refractivity (Wildman–Crippen MR) is 260 cm³/mol. The minimum Gasteiger partial charge on any atom is -0.459 e. The Morgan fingerprint density at radius 3 is 2.43 bits per heavy atom. The molecule has 1 amide bonds. The number of nitrogens with zero attached hydrogens (tertiary/aromatic N) is 2. The number of amides is 1. The number of aliphatic hydroxyl groups excluding tert-OH is 2. The van der Waals surface area contributed by atoms with Gasteiger partial charge in [-0.3, -0.25) is 4.90 Å². The number of hydrogen-bond donors (Lipinski definition) is 2. The van der Waals surface area contributed by atoms with Crippen LogP contribution in [0.5, 0.6) is 28.7 Å². The summed E-state index contributed by atoms with van der Waals surface area (Å²) in [5.74, 6) is 1.03. The van der Waals surface area contributed by atoms with Crippen LogP contribution >= 0.6 is 11.8 Å². The molecule has 8 rings (SSSR count). The zero-order valence-electron chi connectivity index (χ0n) is 39.1. The number of carbonyl (C=O) groups excluding carboxylic acids is 1. The fourth-order valence-corrected chi connectivity index (χ4v) is 10.6. The van der Waals surface area contributed by atoms with Gasteiger partial charge in [-0.1, -0.05) is 66.5 Å². The van der Waals surface area contributed by atoms with Gasteiger partial charge in [-0.2, -0.15) is 0 Å². The van der Waals surface area contributed by atoms with Crippen molar-refractivity contribution in [3.8, 4) is 28.7 Å². The quantitative estimate of drug-likeness (QED) is 0.0298. The molecule has 13 nitrogen and oxygen atoms in total. The lowest BCUT2D eigenvalue weighted by molar-refractivity contribution is -0.256. The Labute approximate surface area is 404 Å². The second-order valence-electron chi connectivity index (χ2n) is 17.4. The molecule has 0 bridgehead atoms. The predicted octanol–water partition coefficient (Wildman–Crippen LogP) is 10.4. The lowest BCUT2D eigenvalue weighted by Crippen LogP contribution is -2.70. The monoisotopic (exact) mass is 948 g/mol. The van der Waals surface area contributed by atoms with Crippen molar-refractivity contribution < 1.29 is 53.0 Å². The molecule has 4 aliphatic rings. The molecule has 1 saturated carbocycles. The van der Waals surface area contributed by atoms with E-state index in [0.29, 0.717) is 60.5 Å². The Morgan fingerprint density at radius 2 is 1.66 bits per heavy atom. The van der Waals surface area contributed by atoms with Crippen molar-refractivity contribution in [2.75, 3.05) is 52.7 Å². The first-order valence-corrected chi connectivity index (χ1v) is 25.1. The van der Waals surface area contributed by atoms with Crippen molar-refractivity contribution in [3.63, 3.8) is 0 Å². The van der Waals surface area contributed by atoms with E-state index in [0.717, 1.165) is 52.8 Å². The van der Waals surface area contributed by atoms with E-state index >= 15 is 4.79 Å². The van der Waals surface area contributed by atoms with Crippen molar-refractivity contribution in [2.24, 2.45) is 22.9 Å². The fourth-order valence-electron chi connectivity index (χ4n) is 10.2. The molecule has 2 aliphatic carbocycles. The van der Waals surface area contributed by atoms with Gasteiger partial charge in [0.15, 0.2) is 11.5 Å². The standard InChI is InChI=1S/C54H64N2O11S/c1-4-27-64-54-50(56(34-38-17-23-48-49(30-38)63-36-62-48)53(59)61-29-28-60-35-37-13-7-6-8-14-37)33-46(55-65-5-2)44-31-39(15-9-11-25-57)43(16-10-12-26-58)51(52(44)54)45-32-41(20-24-47(45)67-54)66-40-18-21-42(68-3)22-19-40/h4,6-8,13-14,17-24,30-32,39,43,50-52,57-58H,1,5,9-12,15-16,25-29,33-36H2,2-3H3/t39-,43+,50-,51+,52+,54+/m0/s1. The number of benzene rings is 4. The number of fused-ring (bicyclic) bond motifs is 3. The van der Waals surface area contributed by atoms with Crippen molar-refractivity contribution in [1.82, 2.24) is 4.90 Å². The molecule has 0 radical (unpaired) electrons. The Hall–Kier alpha value is -5.51. The van der Waals surface area contributed by atoms with Gasteiger partial charge >= 0.3 is 6.09 Å².